The predicted molar refractivity (Wildman–Crippen MR) is 108 cm³/mol. The van der Waals surface area contributed by atoms with Crippen LogP contribution in [0.4, 0.5) is 0 Å². The van der Waals surface area contributed by atoms with E-state index in [2.05, 4.69) is 4.72 Å². The number of aryl methyl sites for hydroxylation is 1. The standard InChI is InChI=1S/C21H24N2O5S/c1-15-6-8-20(9-7-15)29(26,27)22-18-10-12-23(13-11-18)21(25)17-4-3-5-19(14-17)28-16(2)24/h3-9,14,18,22H,10-13H2,1-2H3. The molecule has 7 nitrogen and oxygen atoms in total. The predicted octanol–water partition coefficient (Wildman–Crippen LogP) is 2.50. The van der Waals surface area contributed by atoms with E-state index in [4.69, 9.17) is 4.74 Å². The Morgan fingerprint density at radius 1 is 1.07 bits per heavy atom. The van der Waals surface area contributed by atoms with Crippen molar-refractivity contribution < 1.29 is 22.7 Å². The fourth-order valence-electron chi connectivity index (χ4n) is 3.25. The number of carbonyl (C=O) groups is 2. The summed E-state index contributed by atoms with van der Waals surface area (Å²) in [7, 11) is -3.59. The monoisotopic (exact) mass is 416 g/mol. The molecule has 1 aliphatic rings. The number of hydrogen-bond donors (Lipinski definition) is 1. The number of hydrogen-bond acceptors (Lipinski definition) is 5. The number of nitrogens with one attached hydrogen (secondary N) is 1. The van der Waals surface area contributed by atoms with Crippen molar-refractivity contribution in [2.24, 2.45) is 0 Å². The fourth-order valence-corrected chi connectivity index (χ4v) is 4.55. The van der Waals surface area contributed by atoms with Gasteiger partial charge in [0, 0.05) is 31.6 Å². The lowest BCUT2D eigenvalue weighted by molar-refractivity contribution is -0.131. The molecule has 1 saturated heterocycles. The maximum atomic E-state index is 12.7. The summed E-state index contributed by atoms with van der Waals surface area (Å²) in [6.45, 7) is 4.09. The van der Waals surface area contributed by atoms with Crippen LogP contribution in [0, 0.1) is 6.92 Å². The van der Waals surface area contributed by atoms with Crippen LogP contribution in [0.25, 0.3) is 0 Å². The molecule has 0 aromatic heterocycles. The number of amides is 1. The Bertz CT molecular complexity index is 994. The summed E-state index contributed by atoms with van der Waals surface area (Å²) in [5, 5.41) is 0. The number of nitrogens with zero attached hydrogens (tertiary/aromatic N) is 1. The number of benzene rings is 2. The highest BCUT2D eigenvalue weighted by molar-refractivity contribution is 7.89. The second kappa shape index (κ2) is 8.75. The number of esters is 1. The Kier molecular flexibility index (Phi) is 6.34. The SMILES string of the molecule is CC(=O)Oc1cccc(C(=O)N2CCC(NS(=O)(=O)c3ccc(C)cc3)CC2)c1. The molecular weight excluding hydrogens is 392 g/mol. The van der Waals surface area contributed by atoms with Gasteiger partial charge in [-0.25, -0.2) is 13.1 Å². The van der Waals surface area contributed by atoms with Crippen LogP contribution in [0.2, 0.25) is 0 Å². The molecule has 0 aliphatic carbocycles. The smallest absolute Gasteiger partial charge is 0.308 e. The van der Waals surface area contributed by atoms with Crippen molar-refractivity contribution in [3.8, 4) is 5.75 Å². The lowest BCUT2D eigenvalue weighted by Gasteiger charge is -2.32. The zero-order valence-corrected chi connectivity index (χ0v) is 17.2. The number of rotatable bonds is 5. The summed E-state index contributed by atoms with van der Waals surface area (Å²) >= 11 is 0. The van der Waals surface area contributed by atoms with E-state index < -0.39 is 16.0 Å². The molecule has 1 aliphatic heterocycles. The maximum Gasteiger partial charge on any atom is 0.308 e. The quantitative estimate of drug-likeness (QED) is 0.597. The second-order valence-electron chi connectivity index (χ2n) is 7.12. The molecule has 1 amide bonds. The minimum absolute atomic E-state index is 0.168. The molecule has 0 bridgehead atoms. The second-order valence-corrected chi connectivity index (χ2v) is 8.84. The van der Waals surface area contributed by atoms with Crippen molar-refractivity contribution in [3.05, 3.63) is 59.7 Å². The van der Waals surface area contributed by atoms with Crippen molar-refractivity contribution >= 4 is 21.9 Å². The lowest BCUT2D eigenvalue weighted by Crippen LogP contribution is -2.46. The number of carbonyl (C=O) groups excluding carboxylic acids is 2. The highest BCUT2D eigenvalue weighted by atomic mass is 32.2. The molecule has 0 spiro atoms. The molecule has 2 aromatic carbocycles. The molecule has 29 heavy (non-hydrogen) atoms. The summed E-state index contributed by atoms with van der Waals surface area (Å²) in [4.78, 5) is 25.7. The zero-order valence-electron chi connectivity index (χ0n) is 16.4. The summed E-state index contributed by atoms with van der Waals surface area (Å²) in [5.74, 6) is -0.292. The molecular formula is C21H24N2O5S. The van der Waals surface area contributed by atoms with Gasteiger partial charge in [0.2, 0.25) is 10.0 Å². The van der Waals surface area contributed by atoms with E-state index in [1.165, 1.54) is 13.0 Å². The lowest BCUT2D eigenvalue weighted by atomic mass is 10.0. The van der Waals surface area contributed by atoms with Crippen LogP contribution in [0.3, 0.4) is 0 Å². The molecule has 0 atom stereocenters. The van der Waals surface area contributed by atoms with Crippen LogP contribution in [0.5, 0.6) is 5.75 Å². The molecule has 0 radical (unpaired) electrons. The Labute approximate surface area is 170 Å². The van der Waals surface area contributed by atoms with Crippen molar-refractivity contribution in [3.63, 3.8) is 0 Å². The molecule has 8 heteroatoms. The van der Waals surface area contributed by atoms with Crippen LogP contribution in [-0.4, -0.2) is 44.3 Å². The summed E-state index contributed by atoms with van der Waals surface area (Å²) in [5.41, 5.74) is 1.43. The van der Waals surface area contributed by atoms with Gasteiger partial charge in [-0.1, -0.05) is 23.8 Å². The number of piperidine rings is 1. The third-order valence-corrected chi connectivity index (χ3v) is 6.31. The van der Waals surface area contributed by atoms with Crippen LogP contribution in [0.15, 0.2) is 53.4 Å². The molecule has 1 heterocycles. The highest BCUT2D eigenvalue weighted by Crippen LogP contribution is 2.20. The summed E-state index contributed by atoms with van der Waals surface area (Å²) in [6.07, 6.45) is 1.06. The average molecular weight is 416 g/mol. The Morgan fingerprint density at radius 3 is 2.34 bits per heavy atom. The van der Waals surface area contributed by atoms with E-state index in [1.807, 2.05) is 6.92 Å². The minimum atomic E-state index is -3.59. The number of ether oxygens (including phenoxy) is 1. The third kappa shape index (κ3) is 5.42. The van der Waals surface area contributed by atoms with Crippen molar-refractivity contribution in [2.45, 2.75) is 37.6 Å². The van der Waals surface area contributed by atoms with E-state index in [0.29, 0.717) is 37.2 Å². The molecule has 1 fully saturated rings. The average Bonchev–Trinajstić information content (AvgIpc) is 2.68. The van der Waals surface area contributed by atoms with E-state index in [0.717, 1.165) is 5.56 Å². The normalized spacial score (nSPS) is 15.2. The van der Waals surface area contributed by atoms with Crippen molar-refractivity contribution in [2.75, 3.05) is 13.1 Å². The highest BCUT2D eigenvalue weighted by Gasteiger charge is 2.27. The molecule has 0 saturated carbocycles. The Balaban J connectivity index is 1.59. The first-order valence-electron chi connectivity index (χ1n) is 9.41. The maximum absolute atomic E-state index is 12.7. The molecule has 3 rings (SSSR count). The summed E-state index contributed by atoms with van der Waals surface area (Å²) in [6, 6.07) is 13.0. The van der Waals surface area contributed by atoms with Gasteiger partial charge >= 0.3 is 5.97 Å². The third-order valence-electron chi connectivity index (χ3n) is 4.78. The largest absolute Gasteiger partial charge is 0.427 e. The van der Waals surface area contributed by atoms with E-state index >= 15 is 0 Å². The molecule has 0 unspecified atom stereocenters. The van der Waals surface area contributed by atoms with Gasteiger partial charge in [-0.15, -0.1) is 0 Å². The van der Waals surface area contributed by atoms with Gasteiger partial charge in [0.1, 0.15) is 5.75 Å². The molecule has 154 valence electrons. The van der Waals surface area contributed by atoms with Gasteiger partial charge in [0.15, 0.2) is 0 Å². The van der Waals surface area contributed by atoms with E-state index in [9.17, 15) is 18.0 Å². The van der Waals surface area contributed by atoms with Crippen molar-refractivity contribution in [1.82, 2.24) is 9.62 Å². The van der Waals surface area contributed by atoms with E-state index in [1.54, 1.807) is 47.4 Å². The fraction of sp³-hybridized carbons (Fsp3) is 0.333. The Hall–Kier alpha value is -2.71. The van der Waals surface area contributed by atoms with Gasteiger partial charge in [0.25, 0.3) is 5.91 Å². The topological polar surface area (TPSA) is 92.8 Å². The first kappa shape index (κ1) is 21.0. The molecule has 2 aromatic rings. The van der Waals surface area contributed by atoms with Gasteiger partial charge in [-0.05, 0) is 50.1 Å². The van der Waals surface area contributed by atoms with Gasteiger partial charge in [0.05, 0.1) is 4.90 Å². The van der Waals surface area contributed by atoms with Crippen molar-refractivity contribution in [1.29, 1.82) is 0 Å². The number of likely N-dealkylation sites (tertiary alicyclic amines) is 1. The van der Waals surface area contributed by atoms with Crippen LogP contribution in [-0.2, 0) is 14.8 Å². The molecule has 1 N–H and O–H groups in total. The first-order valence-corrected chi connectivity index (χ1v) is 10.9. The Morgan fingerprint density at radius 2 is 1.72 bits per heavy atom. The van der Waals surface area contributed by atoms with Crippen LogP contribution in [0.1, 0.15) is 35.7 Å². The van der Waals surface area contributed by atoms with Crippen LogP contribution < -0.4 is 9.46 Å². The van der Waals surface area contributed by atoms with Crippen LogP contribution >= 0.6 is 0 Å². The minimum Gasteiger partial charge on any atom is -0.427 e. The van der Waals surface area contributed by atoms with E-state index in [-0.39, 0.29) is 16.8 Å². The summed E-state index contributed by atoms with van der Waals surface area (Å²) < 4.78 is 32.8. The van der Waals surface area contributed by atoms with Gasteiger partial charge in [-0.2, -0.15) is 0 Å². The zero-order chi connectivity index (χ0) is 21.0. The number of sulfonamides is 1. The van der Waals surface area contributed by atoms with Gasteiger partial charge < -0.3 is 9.64 Å². The van der Waals surface area contributed by atoms with Gasteiger partial charge in [-0.3, -0.25) is 9.59 Å². The first-order chi connectivity index (χ1) is 13.7.